The van der Waals surface area contributed by atoms with E-state index in [4.69, 9.17) is 24.0 Å². The van der Waals surface area contributed by atoms with E-state index in [0.29, 0.717) is 18.4 Å². The number of esters is 2. The fraction of sp³-hybridized carbons (Fsp3) is 0.781. The number of hydrogen-bond donors (Lipinski definition) is 0. The van der Waals surface area contributed by atoms with E-state index in [1.165, 1.54) is 6.92 Å². The molecule has 8 heteroatoms. The van der Waals surface area contributed by atoms with E-state index in [0.717, 1.165) is 49.7 Å². The largest absolute Gasteiger partial charge is 0.458 e. The molecule has 4 aliphatic carbocycles. The van der Waals surface area contributed by atoms with Crippen molar-refractivity contribution in [3.63, 3.8) is 0 Å². The van der Waals surface area contributed by atoms with Gasteiger partial charge in [0.2, 0.25) is 0 Å². The third-order valence-electron chi connectivity index (χ3n) is 12.1. The molecule has 4 fully saturated rings. The van der Waals surface area contributed by atoms with Crippen LogP contribution in [0.5, 0.6) is 0 Å². The first kappa shape index (κ1) is 28.1. The molecule has 0 N–H and O–H groups in total. The number of carbonyl (C=O) groups excluding carboxylic acids is 3. The van der Waals surface area contributed by atoms with Crippen LogP contribution in [-0.4, -0.2) is 54.8 Å². The fourth-order valence-electron chi connectivity index (χ4n) is 10.1. The predicted octanol–water partition coefficient (Wildman–Crippen LogP) is 4.90. The van der Waals surface area contributed by atoms with E-state index in [1.807, 2.05) is 20.8 Å². The van der Waals surface area contributed by atoms with Gasteiger partial charge in [0, 0.05) is 18.9 Å². The van der Waals surface area contributed by atoms with Crippen LogP contribution in [0.25, 0.3) is 0 Å². The molecule has 6 rings (SSSR count). The van der Waals surface area contributed by atoms with Crippen molar-refractivity contribution in [1.82, 2.24) is 0 Å². The lowest BCUT2D eigenvalue weighted by atomic mass is 9.44. The Morgan fingerprint density at radius 2 is 1.93 bits per heavy atom. The van der Waals surface area contributed by atoms with Crippen LogP contribution in [0, 0.1) is 40.4 Å². The summed E-state index contributed by atoms with van der Waals surface area (Å²) < 4.78 is 18.2. The van der Waals surface area contributed by atoms with Gasteiger partial charge < -0.3 is 14.2 Å². The molecule has 6 aliphatic rings. The number of ether oxygens (including phenoxy) is 3. The maximum atomic E-state index is 14.0. The van der Waals surface area contributed by atoms with Gasteiger partial charge in [-0.1, -0.05) is 19.4 Å². The van der Waals surface area contributed by atoms with Crippen molar-refractivity contribution in [3.8, 4) is 0 Å². The number of cyclic esters (lactones) is 1. The van der Waals surface area contributed by atoms with Crippen molar-refractivity contribution in [2.45, 2.75) is 104 Å². The summed E-state index contributed by atoms with van der Waals surface area (Å²) in [4.78, 5) is 49.7. The van der Waals surface area contributed by atoms with Crippen LogP contribution in [-0.2, 0) is 38.4 Å². The monoisotopic (exact) mass is 556 g/mol. The lowest BCUT2D eigenvalue weighted by Crippen LogP contribution is -2.67. The second-order valence-corrected chi connectivity index (χ2v) is 13.5. The molecule has 40 heavy (non-hydrogen) atoms. The highest BCUT2D eigenvalue weighted by atomic mass is 17.2. The van der Waals surface area contributed by atoms with Gasteiger partial charge in [-0.25, -0.2) is 14.6 Å². The molecule has 2 heterocycles. The average Bonchev–Trinajstić information content (AvgIpc) is 3.53. The van der Waals surface area contributed by atoms with Crippen LogP contribution in [0.1, 0.15) is 80.1 Å². The average molecular weight is 557 g/mol. The summed E-state index contributed by atoms with van der Waals surface area (Å²) in [6, 6.07) is 0. The molecule has 1 unspecified atom stereocenters. The molecule has 0 aromatic rings. The van der Waals surface area contributed by atoms with Crippen molar-refractivity contribution in [3.05, 3.63) is 23.3 Å². The molecule has 2 aliphatic heterocycles. The highest BCUT2D eigenvalue weighted by molar-refractivity contribution is 5.99. The number of allylic oxidation sites excluding steroid dienone is 1. The summed E-state index contributed by atoms with van der Waals surface area (Å²) >= 11 is 0. The van der Waals surface area contributed by atoms with Gasteiger partial charge in [0.25, 0.3) is 0 Å². The molecule has 3 saturated carbocycles. The van der Waals surface area contributed by atoms with E-state index in [1.54, 1.807) is 12.2 Å². The molecular formula is C32H44O8. The summed E-state index contributed by atoms with van der Waals surface area (Å²) in [6.45, 7) is 12.3. The molecule has 1 spiro atoms. The lowest BCUT2D eigenvalue weighted by molar-refractivity contribution is -0.317. The molecule has 0 aromatic heterocycles. The summed E-state index contributed by atoms with van der Waals surface area (Å²) in [5.41, 5.74) is 0.0887. The number of carbonyl (C=O) groups is 3. The molecule has 0 radical (unpaired) electrons. The van der Waals surface area contributed by atoms with Crippen LogP contribution in [0.15, 0.2) is 23.3 Å². The first-order valence-electron chi connectivity index (χ1n) is 15.2. The van der Waals surface area contributed by atoms with Gasteiger partial charge in [-0.2, -0.15) is 0 Å². The van der Waals surface area contributed by atoms with Gasteiger partial charge in [0.05, 0.1) is 24.7 Å². The quantitative estimate of drug-likeness (QED) is 0.144. The fourth-order valence-corrected chi connectivity index (χ4v) is 10.1. The van der Waals surface area contributed by atoms with Crippen LogP contribution in [0.2, 0.25) is 0 Å². The molecule has 0 bridgehead atoms. The van der Waals surface area contributed by atoms with Crippen LogP contribution < -0.4 is 0 Å². The summed E-state index contributed by atoms with van der Waals surface area (Å²) in [6.07, 6.45) is 8.06. The first-order valence-corrected chi connectivity index (χ1v) is 15.2. The zero-order valence-electron chi connectivity index (χ0n) is 24.7. The number of hydrogen-bond acceptors (Lipinski definition) is 8. The van der Waals surface area contributed by atoms with E-state index in [2.05, 4.69) is 13.8 Å². The molecule has 220 valence electrons. The highest BCUT2D eigenvalue weighted by Crippen LogP contribution is 2.73. The second kappa shape index (κ2) is 9.77. The van der Waals surface area contributed by atoms with Crippen LogP contribution in [0.3, 0.4) is 0 Å². The second-order valence-electron chi connectivity index (χ2n) is 13.5. The molecule has 1 saturated heterocycles. The Kier molecular flexibility index (Phi) is 6.87. The Morgan fingerprint density at radius 1 is 1.15 bits per heavy atom. The Morgan fingerprint density at radius 3 is 2.62 bits per heavy atom. The van der Waals surface area contributed by atoms with E-state index >= 15 is 0 Å². The minimum Gasteiger partial charge on any atom is -0.458 e. The van der Waals surface area contributed by atoms with Crippen molar-refractivity contribution < 1.29 is 38.4 Å². The topological polar surface area (TPSA) is 101 Å². The van der Waals surface area contributed by atoms with E-state index < -0.39 is 17.1 Å². The minimum atomic E-state index is -0.964. The predicted molar refractivity (Wildman–Crippen MR) is 145 cm³/mol. The smallest absolute Gasteiger partial charge is 0.333 e. The Labute approximate surface area is 237 Å². The number of ketones is 1. The number of rotatable bonds is 7. The van der Waals surface area contributed by atoms with E-state index in [9.17, 15) is 14.4 Å². The van der Waals surface area contributed by atoms with Crippen LogP contribution >= 0.6 is 0 Å². The maximum Gasteiger partial charge on any atom is 0.333 e. The summed E-state index contributed by atoms with van der Waals surface area (Å²) in [5, 5.41) is 0. The minimum absolute atomic E-state index is 0.00827. The maximum absolute atomic E-state index is 14.0. The SMILES string of the molecule is CCOOC[C@]12C(=O)C=C[C@H](OC(C)=O)[C@]13O[C@@H]3C[C@H]1[C@@H]3CC[C@H]([C@H](C)C4CC(C)=C(C)C(=O)O4)[C@@]3(C)CC[C@@H]12. The van der Waals surface area contributed by atoms with Gasteiger partial charge in [-0.3, -0.25) is 9.59 Å². The van der Waals surface area contributed by atoms with Gasteiger partial charge in [-0.05, 0) is 100 Å². The number of fused-ring (bicyclic) bond motifs is 4. The molecule has 0 amide bonds. The Balaban J connectivity index is 1.31. The zero-order chi connectivity index (χ0) is 28.6. The van der Waals surface area contributed by atoms with Gasteiger partial charge >= 0.3 is 11.9 Å². The Hall–Kier alpha value is -2.03. The third kappa shape index (κ3) is 3.77. The zero-order valence-corrected chi connectivity index (χ0v) is 24.7. The third-order valence-corrected chi connectivity index (χ3v) is 12.1. The van der Waals surface area contributed by atoms with Crippen molar-refractivity contribution in [1.29, 1.82) is 0 Å². The van der Waals surface area contributed by atoms with Gasteiger partial charge in [0.1, 0.15) is 6.10 Å². The molecule has 8 nitrogen and oxygen atoms in total. The molecular weight excluding hydrogens is 512 g/mol. The van der Waals surface area contributed by atoms with Crippen molar-refractivity contribution in [2.24, 2.45) is 40.4 Å². The first-order chi connectivity index (χ1) is 19.0. The van der Waals surface area contributed by atoms with Crippen molar-refractivity contribution >= 4 is 17.7 Å². The van der Waals surface area contributed by atoms with Crippen LogP contribution in [0.4, 0.5) is 0 Å². The Bertz CT molecular complexity index is 1160. The van der Waals surface area contributed by atoms with Gasteiger partial charge in [-0.15, -0.1) is 0 Å². The summed E-state index contributed by atoms with van der Waals surface area (Å²) in [5.74, 6) is 0.854. The molecule has 11 atom stereocenters. The normalized spacial score (nSPS) is 46.1. The number of epoxide rings is 1. The van der Waals surface area contributed by atoms with E-state index in [-0.39, 0.29) is 59.7 Å². The highest BCUT2D eigenvalue weighted by Gasteiger charge is 2.83. The molecule has 0 aromatic carbocycles. The van der Waals surface area contributed by atoms with Crippen molar-refractivity contribution in [2.75, 3.05) is 13.2 Å². The van der Waals surface area contributed by atoms with Gasteiger partial charge in [0.15, 0.2) is 17.5 Å². The lowest BCUT2D eigenvalue weighted by Gasteiger charge is -2.59. The summed E-state index contributed by atoms with van der Waals surface area (Å²) in [7, 11) is 0. The standard InChI is InChI=1S/C32H44O8/c1-7-36-37-16-31-24-12-13-30(6)22(19(4)25-14-17(2)18(3)29(35)39-25)8-9-23(30)21(24)15-28-32(31,40-28)27(38-20(5)33)11-10-26(31)34/h10-11,19,21-25,27-28H,7-9,12-16H2,1-6H3/t19-,21-,22+,23-,24-,25?,27-,28+,30+,31-,32+/m0/s1.